The summed E-state index contributed by atoms with van der Waals surface area (Å²) in [6.45, 7) is 11.4. The predicted octanol–water partition coefficient (Wildman–Crippen LogP) is 2.07. The highest BCUT2D eigenvalue weighted by atomic mass is 32.2. The first-order chi connectivity index (χ1) is 14.0. The van der Waals surface area contributed by atoms with Gasteiger partial charge in [0.25, 0.3) is 5.91 Å². The number of aliphatic imine (C=N–C) groups is 1. The van der Waals surface area contributed by atoms with Crippen molar-refractivity contribution in [2.75, 3.05) is 58.7 Å². The van der Waals surface area contributed by atoms with Gasteiger partial charge in [-0.05, 0) is 37.6 Å². The number of thioether (sulfide) groups is 1. The quantitative estimate of drug-likeness (QED) is 0.695. The molecule has 1 N–H and O–H groups in total. The van der Waals surface area contributed by atoms with Crippen molar-refractivity contribution in [3.63, 3.8) is 0 Å². The highest BCUT2D eigenvalue weighted by Gasteiger charge is 2.19. The van der Waals surface area contributed by atoms with E-state index in [1.54, 1.807) is 18.9 Å². The number of methoxy groups -OCH3 is 1. The number of benzene rings is 1. The van der Waals surface area contributed by atoms with Gasteiger partial charge in [0.2, 0.25) is 0 Å². The largest absolute Gasteiger partial charge is 0.491 e. The summed E-state index contributed by atoms with van der Waals surface area (Å²) >= 11 is 1.58. The second kappa shape index (κ2) is 11.0. The van der Waals surface area contributed by atoms with Gasteiger partial charge in [-0.2, -0.15) is 0 Å². The van der Waals surface area contributed by atoms with Crippen LogP contribution in [0.5, 0.6) is 5.75 Å². The Morgan fingerprint density at radius 1 is 1.21 bits per heavy atom. The van der Waals surface area contributed by atoms with Gasteiger partial charge in [0.1, 0.15) is 5.75 Å². The van der Waals surface area contributed by atoms with Crippen molar-refractivity contribution >= 4 is 22.8 Å². The number of piperazine rings is 1. The maximum absolute atomic E-state index is 12.7. The third-order valence-corrected chi connectivity index (χ3v) is 5.78. The van der Waals surface area contributed by atoms with Crippen molar-refractivity contribution in [3.8, 4) is 5.75 Å². The molecule has 0 spiro atoms. The SMILES string of the molecule is COCCN1CCN(Cc2cc(OC(C)C)cc(C(=O)NC3=NCCS3)c2)CC1. The van der Waals surface area contributed by atoms with Gasteiger partial charge >= 0.3 is 0 Å². The Hall–Kier alpha value is -1.61. The smallest absolute Gasteiger partial charge is 0.257 e. The summed E-state index contributed by atoms with van der Waals surface area (Å²) in [4.78, 5) is 21.9. The number of ether oxygens (including phenoxy) is 2. The fourth-order valence-electron chi connectivity index (χ4n) is 3.45. The number of amides is 1. The second-order valence-electron chi connectivity index (χ2n) is 7.63. The zero-order chi connectivity index (χ0) is 20.6. The number of nitrogens with one attached hydrogen (secondary N) is 1. The summed E-state index contributed by atoms with van der Waals surface area (Å²) in [5.74, 6) is 1.54. The summed E-state index contributed by atoms with van der Waals surface area (Å²) in [6.07, 6.45) is 0.0558. The molecule has 7 nitrogen and oxygen atoms in total. The summed E-state index contributed by atoms with van der Waals surface area (Å²) in [6, 6.07) is 5.84. The molecule has 0 unspecified atom stereocenters. The molecule has 2 heterocycles. The minimum absolute atomic E-state index is 0.0558. The van der Waals surface area contributed by atoms with Gasteiger partial charge in [0.05, 0.1) is 19.3 Å². The van der Waals surface area contributed by atoms with Crippen LogP contribution in [0.15, 0.2) is 23.2 Å². The van der Waals surface area contributed by atoms with Crippen molar-refractivity contribution in [1.29, 1.82) is 0 Å². The molecule has 1 fully saturated rings. The van der Waals surface area contributed by atoms with Crippen LogP contribution in [0.1, 0.15) is 29.8 Å². The van der Waals surface area contributed by atoms with E-state index in [0.717, 1.165) is 69.5 Å². The summed E-state index contributed by atoms with van der Waals surface area (Å²) in [5.41, 5.74) is 1.71. The van der Waals surface area contributed by atoms with Crippen molar-refractivity contribution in [2.45, 2.75) is 26.5 Å². The van der Waals surface area contributed by atoms with Gasteiger partial charge in [-0.15, -0.1) is 0 Å². The van der Waals surface area contributed by atoms with Crippen LogP contribution in [0.2, 0.25) is 0 Å². The molecule has 8 heteroatoms. The number of carbonyl (C=O) groups excluding carboxylic acids is 1. The lowest BCUT2D eigenvalue weighted by Gasteiger charge is -2.34. The first-order valence-corrected chi connectivity index (χ1v) is 11.2. The van der Waals surface area contributed by atoms with Crippen LogP contribution in [0, 0.1) is 0 Å². The van der Waals surface area contributed by atoms with Crippen LogP contribution in [-0.4, -0.2) is 85.7 Å². The van der Waals surface area contributed by atoms with Gasteiger partial charge in [0, 0.05) is 57.7 Å². The standard InChI is InChI=1S/C21H32N4O3S/c1-16(2)28-19-13-17(15-25-7-5-24(6-8-25)9-10-27-3)12-18(14-19)20(26)23-21-22-4-11-29-21/h12-14,16H,4-11,15H2,1-3H3,(H,22,23,26). The normalized spacial score (nSPS) is 18.1. The number of hydrogen-bond donors (Lipinski definition) is 1. The Labute approximate surface area is 177 Å². The Kier molecular flexibility index (Phi) is 8.35. The van der Waals surface area contributed by atoms with Crippen LogP contribution in [0.25, 0.3) is 0 Å². The number of rotatable bonds is 8. The van der Waals surface area contributed by atoms with Crippen LogP contribution in [0.3, 0.4) is 0 Å². The van der Waals surface area contributed by atoms with Gasteiger partial charge < -0.3 is 14.8 Å². The Morgan fingerprint density at radius 3 is 2.62 bits per heavy atom. The Balaban J connectivity index is 1.66. The maximum Gasteiger partial charge on any atom is 0.257 e. The summed E-state index contributed by atoms with van der Waals surface area (Å²) in [7, 11) is 1.74. The van der Waals surface area contributed by atoms with Gasteiger partial charge in [-0.25, -0.2) is 0 Å². The molecular formula is C21H32N4O3S. The van der Waals surface area contributed by atoms with E-state index < -0.39 is 0 Å². The fraction of sp³-hybridized carbons (Fsp3) is 0.619. The number of nitrogens with zero attached hydrogens (tertiary/aromatic N) is 3. The van der Waals surface area contributed by atoms with Crippen molar-refractivity contribution in [2.24, 2.45) is 4.99 Å². The van der Waals surface area contributed by atoms with Crippen molar-refractivity contribution in [3.05, 3.63) is 29.3 Å². The van der Waals surface area contributed by atoms with Gasteiger partial charge in [-0.3, -0.25) is 19.6 Å². The molecule has 0 saturated carbocycles. The molecule has 3 rings (SSSR count). The van der Waals surface area contributed by atoms with Crippen molar-refractivity contribution < 1.29 is 14.3 Å². The topological polar surface area (TPSA) is 66.4 Å². The molecule has 1 aromatic rings. The van der Waals surface area contributed by atoms with Crippen molar-refractivity contribution in [1.82, 2.24) is 15.1 Å². The molecule has 0 atom stereocenters. The minimum atomic E-state index is -0.127. The molecule has 0 aliphatic carbocycles. The lowest BCUT2D eigenvalue weighted by Crippen LogP contribution is -2.46. The average molecular weight is 421 g/mol. The molecule has 0 bridgehead atoms. The second-order valence-corrected chi connectivity index (χ2v) is 8.72. The summed E-state index contributed by atoms with van der Waals surface area (Å²) in [5, 5.41) is 3.63. The van der Waals surface area contributed by atoms with E-state index in [-0.39, 0.29) is 12.0 Å². The molecule has 29 heavy (non-hydrogen) atoms. The first kappa shape index (κ1) is 22.1. The third kappa shape index (κ3) is 6.99. The Morgan fingerprint density at radius 2 is 1.97 bits per heavy atom. The fourth-order valence-corrected chi connectivity index (χ4v) is 4.18. The molecule has 1 aromatic carbocycles. The molecule has 2 aliphatic rings. The number of amidine groups is 1. The van der Waals surface area contributed by atoms with E-state index in [0.29, 0.717) is 10.7 Å². The van der Waals surface area contributed by atoms with Crippen LogP contribution in [0.4, 0.5) is 0 Å². The maximum atomic E-state index is 12.7. The van der Waals surface area contributed by atoms with Crippen LogP contribution >= 0.6 is 11.8 Å². The van der Waals surface area contributed by atoms with E-state index in [2.05, 4.69) is 26.2 Å². The van der Waals surface area contributed by atoms with Crippen LogP contribution < -0.4 is 10.1 Å². The minimum Gasteiger partial charge on any atom is -0.491 e. The highest BCUT2D eigenvalue weighted by molar-refractivity contribution is 8.14. The Bertz CT molecular complexity index is 718. The molecular weight excluding hydrogens is 388 g/mol. The lowest BCUT2D eigenvalue weighted by atomic mass is 10.1. The summed E-state index contributed by atoms with van der Waals surface area (Å²) < 4.78 is 11.1. The first-order valence-electron chi connectivity index (χ1n) is 10.3. The van der Waals surface area contributed by atoms with Gasteiger partial charge in [0.15, 0.2) is 5.17 Å². The third-order valence-electron chi connectivity index (χ3n) is 4.89. The van der Waals surface area contributed by atoms with E-state index in [1.807, 2.05) is 26.0 Å². The average Bonchev–Trinajstić information content (AvgIpc) is 3.20. The predicted molar refractivity (Wildman–Crippen MR) is 118 cm³/mol. The number of hydrogen-bond acceptors (Lipinski definition) is 7. The monoisotopic (exact) mass is 420 g/mol. The highest BCUT2D eigenvalue weighted by Crippen LogP contribution is 2.21. The molecule has 2 aliphatic heterocycles. The molecule has 160 valence electrons. The zero-order valence-electron chi connectivity index (χ0n) is 17.6. The molecule has 0 radical (unpaired) electrons. The van der Waals surface area contributed by atoms with E-state index in [1.165, 1.54) is 0 Å². The van der Waals surface area contributed by atoms with E-state index in [4.69, 9.17) is 9.47 Å². The van der Waals surface area contributed by atoms with Crippen LogP contribution in [-0.2, 0) is 11.3 Å². The molecule has 1 amide bonds. The zero-order valence-corrected chi connectivity index (χ0v) is 18.5. The number of carbonyl (C=O) groups is 1. The van der Waals surface area contributed by atoms with E-state index in [9.17, 15) is 4.79 Å². The molecule has 0 aromatic heterocycles. The van der Waals surface area contributed by atoms with E-state index >= 15 is 0 Å². The lowest BCUT2D eigenvalue weighted by molar-refractivity contribution is 0.0936. The van der Waals surface area contributed by atoms with Gasteiger partial charge in [-0.1, -0.05) is 11.8 Å². The molecule has 1 saturated heterocycles.